The standard InChI is InChI=1S/C13H12FNO2S/c14-9-3-1-2-8(6-9)12-5-4-10(18-12)7-11(15)13(16)17/h1-6,11H,7,15H2,(H,16,17). The van der Waals surface area contributed by atoms with E-state index in [2.05, 4.69) is 0 Å². The minimum Gasteiger partial charge on any atom is -0.480 e. The lowest BCUT2D eigenvalue weighted by Crippen LogP contribution is -2.31. The number of nitrogens with two attached hydrogens (primary N) is 1. The quantitative estimate of drug-likeness (QED) is 0.892. The molecule has 0 saturated carbocycles. The summed E-state index contributed by atoms with van der Waals surface area (Å²) < 4.78 is 13.1. The van der Waals surface area contributed by atoms with Crippen molar-refractivity contribution in [2.24, 2.45) is 5.73 Å². The van der Waals surface area contributed by atoms with Gasteiger partial charge in [-0.05, 0) is 29.8 Å². The second-order valence-electron chi connectivity index (χ2n) is 3.93. The van der Waals surface area contributed by atoms with E-state index in [1.54, 1.807) is 6.07 Å². The predicted octanol–water partition coefficient (Wildman–Crippen LogP) is 2.51. The first-order chi connectivity index (χ1) is 8.56. The van der Waals surface area contributed by atoms with Crippen LogP contribution in [0.1, 0.15) is 4.88 Å². The first-order valence-corrected chi connectivity index (χ1v) is 6.21. The summed E-state index contributed by atoms with van der Waals surface area (Å²) in [6.07, 6.45) is 0.287. The highest BCUT2D eigenvalue weighted by atomic mass is 32.1. The third-order valence-electron chi connectivity index (χ3n) is 2.51. The number of carboxylic acids is 1. The predicted molar refractivity (Wildman–Crippen MR) is 69.0 cm³/mol. The first-order valence-electron chi connectivity index (χ1n) is 5.39. The van der Waals surface area contributed by atoms with Crippen molar-refractivity contribution in [1.82, 2.24) is 0 Å². The van der Waals surface area contributed by atoms with E-state index in [1.807, 2.05) is 18.2 Å². The molecule has 1 heterocycles. The number of halogens is 1. The number of hydrogen-bond acceptors (Lipinski definition) is 3. The van der Waals surface area contributed by atoms with Crippen LogP contribution in [-0.2, 0) is 11.2 Å². The van der Waals surface area contributed by atoms with E-state index in [0.717, 1.165) is 15.3 Å². The minimum atomic E-state index is -1.02. The zero-order valence-corrected chi connectivity index (χ0v) is 10.3. The van der Waals surface area contributed by atoms with Crippen molar-refractivity contribution in [2.45, 2.75) is 12.5 Å². The molecule has 0 bridgehead atoms. The van der Waals surface area contributed by atoms with Crippen LogP contribution in [-0.4, -0.2) is 17.1 Å². The molecule has 2 rings (SSSR count). The smallest absolute Gasteiger partial charge is 0.320 e. The molecule has 1 aromatic carbocycles. The molecule has 1 aromatic heterocycles. The molecule has 1 unspecified atom stereocenters. The van der Waals surface area contributed by atoms with Gasteiger partial charge in [0.2, 0.25) is 0 Å². The zero-order valence-electron chi connectivity index (χ0n) is 9.47. The highest BCUT2D eigenvalue weighted by molar-refractivity contribution is 7.15. The summed E-state index contributed by atoms with van der Waals surface area (Å²) in [4.78, 5) is 12.4. The molecule has 0 amide bonds. The average Bonchev–Trinajstić information content (AvgIpc) is 2.77. The fraction of sp³-hybridized carbons (Fsp3) is 0.154. The molecule has 0 aliphatic carbocycles. The van der Waals surface area contributed by atoms with Crippen LogP contribution >= 0.6 is 11.3 Å². The fourth-order valence-electron chi connectivity index (χ4n) is 1.59. The van der Waals surface area contributed by atoms with Crippen molar-refractivity contribution in [2.75, 3.05) is 0 Å². The molecule has 3 N–H and O–H groups in total. The molecule has 0 saturated heterocycles. The van der Waals surface area contributed by atoms with Gasteiger partial charge >= 0.3 is 5.97 Å². The Morgan fingerprint density at radius 1 is 1.39 bits per heavy atom. The lowest BCUT2D eigenvalue weighted by molar-refractivity contribution is -0.138. The van der Waals surface area contributed by atoms with Crippen LogP contribution < -0.4 is 5.73 Å². The number of carboxylic acid groups (broad SMARTS) is 1. The van der Waals surface area contributed by atoms with E-state index in [1.165, 1.54) is 23.5 Å². The van der Waals surface area contributed by atoms with Crippen LogP contribution in [0.3, 0.4) is 0 Å². The van der Waals surface area contributed by atoms with Crippen LogP contribution in [0.15, 0.2) is 36.4 Å². The minimum absolute atomic E-state index is 0.287. The van der Waals surface area contributed by atoms with Gasteiger partial charge in [0.25, 0.3) is 0 Å². The fourth-order valence-corrected chi connectivity index (χ4v) is 2.65. The molecule has 94 valence electrons. The van der Waals surface area contributed by atoms with Crippen molar-refractivity contribution in [3.8, 4) is 10.4 Å². The van der Waals surface area contributed by atoms with Gasteiger partial charge in [0.05, 0.1) is 0 Å². The Kier molecular flexibility index (Phi) is 3.74. The first kappa shape index (κ1) is 12.7. The van der Waals surface area contributed by atoms with Crippen molar-refractivity contribution in [1.29, 1.82) is 0 Å². The van der Waals surface area contributed by atoms with Crippen LogP contribution in [0.5, 0.6) is 0 Å². The molecule has 3 nitrogen and oxygen atoms in total. The molecule has 0 fully saturated rings. The number of hydrogen-bond donors (Lipinski definition) is 2. The van der Waals surface area contributed by atoms with Crippen molar-refractivity contribution < 1.29 is 14.3 Å². The van der Waals surface area contributed by atoms with Gasteiger partial charge in [0, 0.05) is 16.2 Å². The second-order valence-corrected chi connectivity index (χ2v) is 5.09. The molecule has 18 heavy (non-hydrogen) atoms. The second kappa shape index (κ2) is 5.29. The van der Waals surface area contributed by atoms with E-state index in [4.69, 9.17) is 10.8 Å². The Balaban J connectivity index is 2.18. The van der Waals surface area contributed by atoms with Gasteiger partial charge in [-0.2, -0.15) is 0 Å². The summed E-state index contributed by atoms with van der Waals surface area (Å²) in [5.74, 6) is -1.31. The zero-order chi connectivity index (χ0) is 13.1. The topological polar surface area (TPSA) is 63.3 Å². The highest BCUT2D eigenvalue weighted by Crippen LogP contribution is 2.29. The third kappa shape index (κ3) is 2.94. The van der Waals surface area contributed by atoms with Gasteiger partial charge in [-0.1, -0.05) is 12.1 Å². The number of aliphatic carboxylic acids is 1. The monoisotopic (exact) mass is 265 g/mol. The SMILES string of the molecule is NC(Cc1ccc(-c2cccc(F)c2)s1)C(=O)O. The molecular formula is C13H12FNO2S. The maximum Gasteiger partial charge on any atom is 0.320 e. The Bertz CT molecular complexity index is 568. The van der Waals surface area contributed by atoms with Gasteiger partial charge in [-0.3, -0.25) is 4.79 Å². The van der Waals surface area contributed by atoms with Crippen LogP contribution in [0.4, 0.5) is 4.39 Å². The van der Waals surface area contributed by atoms with Crippen molar-refractivity contribution in [3.05, 3.63) is 47.1 Å². The Labute approximate surface area is 108 Å². The lowest BCUT2D eigenvalue weighted by Gasteiger charge is -2.03. The number of benzene rings is 1. The lowest BCUT2D eigenvalue weighted by atomic mass is 10.1. The summed E-state index contributed by atoms with van der Waals surface area (Å²) in [5, 5.41) is 8.73. The van der Waals surface area contributed by atoms with E-state index in [-0.39, 0.29) is 12.2 Å². The Hall–Kier alpha value is -1.72. The number of carbonyl (C=O) groups is 1. The average molecular weight is 265 g/mol. The molecule has 0 aliphatic heterocycles. The maximum atomic E-state index is 13.1. The van der Waals surface area contributed by atoms with E-state index in [9.17, 15) is 9.18 Å². The molecule has 0 spiro atoms. The van der Waals surface area contributed by atoms with Gasteiger partial charge in [-0.25, -0.2) is 4.39 Å². The normalized spacial score (nSPS) is 12.3. The van der Waals surface area contributed by atoms with E-state index in [0.29, 0.717) is 0 Å². The summed E-state index contributed by atoms with van der Waals surface area (Å²) >= 11 is 1.43. The summed E-state index contributed by atoms with van der Waals surface area (Å²) in [6.45, 7) is 0. The molecular weight excluding hydrogens is 253 g/mol. The molecule has 5 heteroatoms. The van der Waals surface area contributed by atoms with Crippen molar-refractivity contribution >= 4 is 17.3 Å². The summed E-state index contributed by atoms with van der Waals surface area (Å²) in [6, 6.07) is 9.08. The number of thiophene rings is 1. The van der Waals surface area contributed by atoms with E-state index < -0.39 is 12.0 Å². The Morgan fingerprint density at radius 2 is 2.17 bits per heavy atom. The summed E-state index contributed by atoms with van der Waals surface area (Å²) in [5.41, 5.74) is 6.25. The van der Waals surface area contributed by atoms with Gasteiger partial charge in [-0.15, -0.1) is 11.3 Å². The molecule has 0 radical (unpaired) electrons. The molecule has 1 atom stereocenters. The Morgan fingerprint density at radius 3 is 2.83 bits per heavy atom. The van der Waals surface area contributed by atoms with Crippen LogP contribution in [0, 0.1) is 5.82 Å². The van der Waals surface area contributed by atoms with Gasteiger partial charge in [0.1, 0.15) is 11.9 Å². The van der Waals surface area contributed by atoms with Gasteiger partial charge < -0.3 is 10.8 Å². The molecule has 0 aliphatic rings. The largest absolute Gasteiger partial charge is 0.480 e. The number of rotatable bonds is 4. The third-order valence-corrected chi connectivity index (χ3v) is 3.67. The van der Waals surface area contributed by atoms with Gasteiger partial charge in [0.15, 0.2) is 0 Å². The van der Waals surface area contributed by atoms with Crippen LogP contribution in [0.2, 0.25) is 0 Å². The van der Waals surface area contributed by atoms with Crippen molar-refractivity contribution in [3.63, 3.8) is 0 Å². The highest BCUT2D eigenvalue weighted by Gasteiger charge is 2.13. The van der Waals surface area contributed by atoms with E-state index >= 15 is 0 Å². The van der Waals surface area contributed by atoms with Crippen LogP contribution in [0.25, 0.3) is 10.4 Å². The maximum absolute atomic E-state index is 13.1. The summed E-state index contributed by atoms with van der Waals surface area (Å²) in [7, 11) is 0. The molecule has 2 aromatic rings.